The van der Waals surface area contributed by atoms with Crippen molar-refractivity contribution in [2.24, 2.45) is 0 Å². The van der Waals surface area contributed by atoms with E-state index in [1.54, 1.807) is 0 Å². The van der Waals surface area contributed by atoms with Gasteiger partial charge in [-0.1, -0.05) is 211 Å². The largest absolute Gasteiger partial charge is 0.457 e. The number of anilines is 1. The lowest BCUT2D eigenvalue weighted by Gasteiger charge is -2.38. The Balaban J connectivity index is 1.13. The molecule has 356 valence electrons. The first-order valence-corrected chi connectivity index (χ1v) is 25.0. The van der Waals surface area contributed by atoms with Crippen LogP contribution in [-0.4, -0.2) is 48.3 Å². The zero-order valence-electron chi connectivity index (χ0n) is 40.6. The molecule has 0 saturated carbocycles. The second-order valence-corrected chi connectivity index (χ2v) is 19.0. The molecule has 1 N–H and O–H groups in total. The highest BCUT2D eigenvalue weighted by Crippen LogP contribution is 2.45. The summed E-state index contributed by atoms with van der Waals surface area (Å²) in [4.78, 5) is 8.17. The normalized spacial score (nSPS) is 14.3. The maximum absolute atomic E-state index is 6.41. The van der Waals surface area contributed by atoms with E-state index < -0.39 is 11.1 Å². The predicted molar refractivity (Wildman–Crippen MR) is 290 cm³/mol. The van der Waals surface area contributed by atoms with E-state index in [0.29, 0.717) is 18.0 Å². The van der Waals surface area contributed by atoms with Crippen molar-refractivity contribution in [2.45, 2.75) is 36.5 Å². The van der Waals surface area contributed by atoms with Gasteiger partial charge >= 0.3 is 0 Å². The van der Waals surface area contributed by atoms with Crippen LogP contribution in [0.15, 0.2) is 249 Å². The molecule has 9 nitrogen and oxygen atoms in total. The Morgan fingerprint density at radius 2 is 1.01 bits per heavy atom. The van der Waals surface area contributed by atoms with E-state index in [1.807, 2.05) is 29.1 Å². The Morgan fingerprint density at radius 1 is 0.534 bits per heavy atom. The van der Waals surface area contributed by atoms with Gasteiger partial charge in [-0.05, 0) is 106 Å². The second kappa shape index (κ2) is 19.7. The number of pyridine rings is 1. The summed E-state index contributed by atoms with van der Waals surface area (Å²) in [5, 5.41) is 19.8. The standard InChI is InChI=1S/C64H54N8O/c1-70-39-38-58(49-43-65-71(46-49)45-48-23-21-37-57(41-48)73-56-36-20-22-47(40-56)44-70)59-42-60(67-63(50-24-8-2-9-25-50,51-26-10-3-11-27-51)52-28-12-4-13-29-52)66-62-61(59)68-69-72(62)64(53-30-14-5-15-31-53,54-32-16-6-17-33-54)55-34-18-7-19-35-55/h2-37,40-43,46,58H,38-39,44-45H2,1H3,(H,66,67). The summed E-state index contributed by atoms with van der Waals surface area (Å²) in [5.41, 5.74) is 10.1. The Morgan fingerprint density at radius 3 is 1.52 bits per heavy atom. The number of nitrogens with one attached hydrogen (secondary N) is 1. The van der Waals surface area contributed by atoms with Crippen LogP contribution in [0.1, 0.15) is 68.0 Å². The second-order valence-electron chi connectivity index (χ2n) is 19.0. The summed E-state index contributed by atoms with van der Waals surface area (Å²) in [6.07, 6.45) is 4.98. The summed E-state index contributed by atoms with van der Waals surface area (Å²) in [7, 11) is 2.19. The van der Waals surface area contributed by atoms with Crippen molar-refractivity contribution in [3.8, 4) is 11.5 Å². The molecular weight excluding hydrogens is 897 g/mol. The monoisotopic (exact) mass is 950 g/mol. The minimum atomic E-state index is -0.991. The van der Waals surface area contributed by atoms with Gasteiger partial charge in [-0.2, -0.15) is 5.10 Å². The molecule has 1 unspecified atom stereocenters. The van der Waals surface area contributed by atoms with Gasteiger partial charge in [0.05, 0.1) is 12.7 Å². The molecule has 12 rings (SSSR count). The molecular formula is C64H54N8O. The molecule has 1 aliphatic heterocycles. The molecule has 11 aromatic rings. The Kier molecular flexibility index (Phi) is 12.2. The molecule has 9 heteroatoms. The molecule has 1 aliphatic rings. The number of hydrogen-bond donors (Lipinski definition) is 1. The molecule has 0 spiro atoms. The predicted octanol–water partition coefficient (Wildman–Crippen LogP) is 13.1. The lowest BCUT2D eigenvalue weighted by atomic mass is 9.76. The highest BCUT2D eigenvalue weighted by Gasteiger charge is 2.43. The molecule has 1 atom stereocenters. The molecule has 3 aromatic heterocycles. The summed E-state index contributed by atoms with van der Waals surface area (Å²) in [6.45, 7) is 2.07. The first kappa shape index (κ1) is 45.2. The Bertz CT molecular complexity index is 3410. The quantitative estimate of drug-likeness (QED) is 0.137. The molecule has 6 bridgehead atoms. The maximum atomic E-state index is 6.41. The third-order valence-electron chi connectivity index (χ3n) is 14.3. The fourth-order valence-electron chi connectivity index (χ4n) is 11.0. The van der Waals surface area contributed by atoms with E-state index in [1.165, 1.54) is 5.56 Å². The highest BCUT2D eigenvalue weighted by atomic mass is 16.5. The smallest absolute Gasteiger partial charge is 0.182 e. The zero-order valence-corrected chi connectivity index (χ0v) is 40.6. The molecule has 0 fully saturated rings. The molecule has 8 aromatic carbocycles. The van der Waals surface area contributed by atoms with Crippen molar-refractivity contribution in [1.82, 2.24) is 34.7 Å². The molecule has 4 heterocycles. The van der Waals surface area contributed by atoms with Crippen molar-refractivity contribution < 1.29 is 4.74 Å². The number of aromatic nitrogens is 6. The lowest BCUT2D eigenvalue weighted by molar-refractivity contribution is 0.316. The highest BCUT2D eigenvalue weighted by molar-refractivity contribution is 5.80. The van der Waals surface area contributed by atoms with E-state index in [2.05, 4.69) is 247 Å². The Labute approximate surface area is 426 Å². The van der Waals surface area contributed by atoms with Gasteiger partial charge in [0.15, 0.2) is 5.65 Å². The SMILES string of the molecule is CN1CCC(c2cc(NC(c3ccccc3)(c3ccccc3)c3ccccc3)nc3c2nnn3C(c2ccccc2)(c2ccccc2)c2ccccc2)c2cnn(c2)Cc2cccc(c2)Oc2cccc(c2)C1. The maximum Gasteiger partial charge on any atom is 0.182 e. The first-order chi connectivity index (χ1) is 36.0. The van der Waals surface area contributed by atoms with Gasteiger partial charge in [0.2, 0.25) is 0 Å². The van der Waals surface area contributed by atoms with Gasteiger partial charge < -0.3 is 15.0 Å². The van der Waals surface area contributed by atoms with Crippen LogP contribution in [-0.2, 0) is 24.2 Å². The van der Waals surface area contributed by atoms with Crippen LogP contribution in [0.4, 0.5) is 5.82 Å². The van der Waals surface area contributed by atoms with Crippen LogP contribution in [0.5, 0.6) is 11.5 Å². The topological polar surface area (TPSA) is 85.9 Å². The van der Waals surface area contributed by atoms with E-state index in [0.717, 1.165) is 86.6 Å². The van der Waals surface area contributed by atoms with E-state index in [9.17, 15) is 0 Å². The number of ether oxygens (including phenoxy) is 1. The Hall–Kier alpha value is -8.92. The van der Waals surface area contributed by atoms with Crippen molar-refractivity contribution in [3.63, 3.8) is 0 Å². The van der Waals surface area contributed by atoms with Gasteiger partial charge in [0, 0.05) is 18.7 Å². The summed E-state index contributed by atoms with van der Waals surface area (Å²) >= 11 is 0. The minimum absolute atomic E-state index is 0.180. The van der Waals surface area contributed by atoms with Gasteiger partial charge in [-0.15, -0.1) is 5.10 Å². The van der Waals surface area contributed by atoms with Crippen LogP contribution < -0.4 is 10.1 Å². The van der Waals surface area contributed by atoms with Gasteiger partial charge in [0.25, 0.3) is 0 Å². The molecule has 0 radical (unpaired) electrons. The van der Waals surface area contributed by atoms with Gasteiger partial charge in [-0.25, -0.2) is 9.67 Å². The number of benzene rings is 8. The van der Waals surface area contributed by atoms with Crippen LogP contribution in [0, 0.1) is 0 Å². The van der Waals surface area contributed by atoms with Crippen molar-refractivity contribution >= 4 is 17.0 Å². The molecule has 0 saturated heterocycles. The van der Waals surface area contributed by atoms with E-state index in [4.69, 9.17) is 25.1 Å². The summed E-state index contributed by atoms with van der Waals surface area (Å²) < 4.78 is 10.5. The molecule has 0 aliphatic carbocycles. The zero-order chi connectivity index (χ0) is 49.0. The van der Waals surface area contributed by atoms with Gasteiger partial charge in [-0.3, -0.25) is 4.68 Å². The third-order valence-corrected chi connectivity index (χ3v) is 14.3. The molecule has 0 amide bonds. The first-order valence-electron chi connectivity index (χ1n) is 25.0. The summed E-state index contributed by atoms with van der Waals surface area (Å²) in [5.74, 6) is 2.09. The lowest BCUT2D eigenvalue weighted by Crippen LogP contribution is -2.39. The number of nitrogens with zero attached hydrogens (tertiary/aromatic N) is 7. The molecule has 73 heavy (non-hydrogen) atoms. The number of hydrogen-bond acceptors (Lipinski definition) is 7. The van der Waals surface area contributed by atoms with Crippen molar-refractivity contribution in [1.29, 1.82) is 0 Å². The van der Waals surface area contributed by atoms with Crippen molar-refractivity contribution in [2.75, 3.05) is 18.9 Å². The van der Waals surface area contributed by atoms with Gasteiger partial charge in [0.1, 0.15) is 33.9 Å². The summed E-state index contributed by atoms with van der Waals surface area (Å²) in [6, 6.07) is 82.9. The number of rotatable bonds is 10. The average Bonchev–Trinajstić information content (AvgIpc) is 4.10. The van der Waals surface area contributed by atoms with Crippen LogP contribution >= 0.6 is 0 Å². The third kappa shape index (κ3) is 8.64. The fraction of sp³-hybridized carbons (Fsp3) is 0.125. The van der Waals surface area contributed by atoms with E-state index >= 15 is 0 Å². The van der Waals surface area contributed by atoms with Crippen LogP contribution in [0.2, 0.25) is 0 Å². The number of fused-ring (bicyclic) bond motifs is 7. The van der Waals surface area contributed by atoms with Crippen molar-refractivity contribution in [3.05, 3.63) is 305 Å². The van der Waals surface area contributed by atoms with E-state index in [-0.39, 0.29) is 5.92 Å². The minimum Gasteiger partial charge on any atom is -0.457 e. The van der Waals surface area contributed by atoms with Crippen LogP contribution in [0.3, 0.4) is 0 Å². The average molecular weight is 951 g/mol. The fourth-order valence-corrected chi connectivity index (χ4v) is 11.0. The van der Waals surface area contributed by atoms with Crippen LogP contribution in [0.25, 0.3) is 11.2 Å².